The molecule has 110 valence electrons. The zero-order chi connectivity index (χ0) is 14.3. The third-order valence-corrected chi connectivity index (χ3v) is 4.40. The Morgan fingerprint density at radius 2 is 2.26 bits per heavy atom. The van der Waals surface area contributed by atoms with Gasteiger partial charge in [0.1, 0.15) is 6.33 Å². The standard InChI is InChI=1S/C13H26N4OS/c1-5-13(9-18,15-11(2)3)7-6-8-19-12-16-14-10-17(12)4/h10-11,15,18H,5-9H2,1-4H3. The first-order valence-electron chi connectivity index (χ1n) is 6.88. The van der Waals surface area contributed by atoms with E-state index < -0.39 is 0 Å². The molecule has 0 aromatic carbocycles. The van der Waals surface area contributed by atoms with Gasteiger partial charge in [-0.3, -0.25) is 0 Å². The molecule has 0 radical (unpaired) electrons. The fraction of sp³-hybridized carbons (Fsp3) is 0.846. The highest BCUT2D eigenvalue weighted by Gasteiger charge is 2.27. The van der Waals surface area contributed by atoms with Crippen molar-refractivity contribution in [2.24, 2.45) is 7.05 Å². The lowest BCUT2D eigenvalue weighted by atomic mass is 9.91. The van der Waals surface area contributed by atoms with Crippen LogP contribution in [0.15, 0.2) is 11.5 Å². The molecule has 0 saturated carbocycles. The number of aliphatic hydroxyl groups excluding tert-OH is 1. The predicted octanol–water partition coefficient (Wildman–Crippen LogP) is 1.83. The van der Waals surface area contributed by atoms with Crippen LogP contribution in [0.4, 0.5) is 0 Å². The third kappa shape index (κ3) is 5.12. The highest BCUT2D eigenvalue weighted by atomic mass is 32.2. The first-order valence-corrected chi connectivity index (χ1v) is 7.87. The molecule has 2 N–H and O–H groups in total. The summed E-state index contributed by atoms with van der Waals surface area (Å²) < 4.78 is 1.93. The van der Waals surface area contributed by atoms with Gasteiger partial charge >= 0.3 is 0 Å². The maximum Gasteiger partial charge on any atom is 0.190 e. The fourth-order valence-electron chi connectivity index (χ4n) is 2.18. The van der Waals surface area contributed by atoms with Crippen LogP contribution < -0.4 is 5.32 Å². The molecule has 0 fully saturated rings. The van der Waals surface area contributed by atoms with Crippen LogP contribution in [0.5, 0.6) is 0 Å². The van der Waals surface area contributed by atoms with Gasteiger partial charge in [-0.2, -0.15) is 0 Å². The number of hydrogen-bond acceptors (Lipinski definition) is 5. The van der Waals surface area contributed by atoms with Gasteiger partial charge in [0, 0.05) is 24.4 Å². The minimum Gasteiger partial charge on any atom is -0.394 e. The highest BCUT2D eigenvalue weighted by Crippen LogP contribution is 2.22. The molecule has 1 heterocycles. The Bertz CT molecular complexity index is 363. The largest absolute Gasteiger partial charge is 0.394 e. The van der Waals surface area contributed by atoms with E-state index in [4.69, 9.17) is 0 Å². The van der Waals surface area contributed by atoms with Crippen molar-refractivity contribution in [2.75, 3.05) is 12.4 Å². The van der Waals surface area contributed by atoms with E-state index >= 15 is 0 Å². The molecule has 1 unspecified atom stereocenters. The summed E-state index contributed by atoms with van der Waals surface area (Å²) in [7, 11) is 1.95. The van der Waals surface area contributed by atoms with Crippen molar-refractivity contribution in [2.45, 2.75) is 56.8 Å². The lowest BCUT2D eigenvalue weighted by molar-refractivity contribution is 0.137. The Kier molecular flexibility index (Phi) is 6.82. The molecule has 0 aliphatic rings. The highest BCUT2D eigenvalue weighted by molar-refractivity contribution is 7.99. The lowest BCUT2D eigenvalue weighted by Gasteiger charge is -2.34. The fourth-order valence-corrected chi connectivity index (χ4v) is 3.00. The van der Waals surface area contributed by atoms with Crippen LogP contribution in [-0.4, -0.2) is 43.8 Å². The van der Waals surface area contributed by atoms with Gasteiger partial charge in [0.2, 0.25) is 0 Å². The van der Waals surface area contributed by atoms with E-state index in [1.807, 2.05) is 11.6 Å². The summed E-state index contributed by atoms with van der Waals surface area (Å²) in [5.74, 6) is 0.994. The van der Waals surface area contributed by atoms with Crippen LogP contribution >= 0.6 is 11.8 Å². The van der Waals surface area contributed by atoms with E-state index in [1.54, 1.807) is 18.1 Å². The van der Waals surface area contributed by atoms with E-state index in [2.05, 4.69) is 36.3 Å². The summed E-state index contributed by atoms with van der Waals surface area (Å²) >= 11 is 1.71. The van der Waals surface area contributed by atoms with E-state index in [1.165, 1.54) is 0 Å². The van der Waals surface area contributed by atoms with Crippen molar-refractivity contribution in [3.05, 3.63) is 6.33 Å². The van der Waals surface area contributed by atoms with Crippen molar-refractivity contribution in [1.29, 1.82) is 0 Å². The quantitative estimate of drug-likeness (QED) is 0.535. The molecule has 0 saturated heterocycles. The van der Waals surface area contributed by atoms with Gasteiger partial charge in [-0.05, 0) is 19.3 Å². The first kappa shape index (κ1) is 16.5. The maximum absolute atomic E-state index is 9.66. The molecule has 5 nitrogen and oxygen atoms in total. The molecule has 1 atom stereocenters. The molecule has 1 rings (SSSR count). The molecular formula is C13H26N4OS. The summed E-state index contributed by atoms with van der Waals surface area (Å²) in [6.07, 6.45) is 4.68. The Hall–Kier alpha value is -0.590. The van der Waals surface area contributed by atoms with Crippen molar-refractivity contribution in [3.63, 3.8) is 0 Å². The van der Waals surface area contributed by atoms with Crippen molar-refractivity contribution >= 4 is 11.8 Å². The number of nitrogens with zero attached hydrogens (tertiary/aromatic N) is 3. The SMILES string of the molecule is CCC(CO)(CCCSc1nncn1C)NC(C)C. The van der Waals surface area contributed by atoms with Gasteiger partial charge in [0.15, 0.2) is 5.16 Å². The Balaban J connectivity index is 2.38. The summed E-state index contributed by atoms with van der Waals surface area (Å²) in [5, 5.41) is 22.0. The lowest BCUT2D eigenvalue weighted by Crippen LogP contribution is -2.51. The Labute approximate surface area is 120 Å². The summed E-state index contributed by atoms with van der Waals surface area (Å²) in [6.45, 7) is 6.56. The second-order valence-corrected chi connectivity index (χ2v) is 6.33. The Morgan fingerprint density at radius 1 is 1.53 bits per heavy atom. The van der Waals surface area contributed by atoms with Gasteiger partial charge in [0.25, 0.3) is 0 Å². The average Bonchev–Trinajstić information content (AvgIpc) is 2.78. The second-order valence-electron chi connectivity index (χ2n) is 5.27. The van der Waals surface area contributed by atoms with Crippen molar-refractivity contribution in [1.82, 2.24) is 20.1 Å². The molecule has 19 heavy (non-hydrogen) atoms. The minimum atomic E-state index is -0.144. The average molecular weight is 286 g/mol. The number of rotatable bonds is 9. The second kappa shape index (κ2) is 7.87. The molecule has 0 aliphatic heterocycles. The van der Waals surface area contributed by atoms with Crippen LogP contribution in [0.2, 0.25) is 0 Å². The number of aromatic nitrogens is 3. The van der Waals surface area contributed by atoms with E-state index in [0.717, 1.165) is 30.2 Å². The molecule has 1 aromatic heterocycles. The van der Waals surface area contributed by atoms with Gasteiger partial charge in [0.05, 0.1) is 6.61 Å². The molecule has 1 aromatic rings. The normalized spacial score (nSPS) is 14.8. The predicted molar refractivity (Wildman–Crippen MR) is 79.3 cm³/mol. The topological polar surface area (TPSA) is 63.0 Å². The molecule has 0 bridgehead atoms. The van der Waals surface area contributed by atoms with Gasteiger partial charge in [-0.1, -0.05) is 32.5 Å². The van der Waals surface area contributed by atoms with Crippen LogP contribution in [0, 0.1) is 0 Å². The van der Waals surface area contributed by atoms with Crippen molar-refractivity contribution in [3.8, 4) is 0 Å². The molecule has 6 heteroatoms. The zero-order valence-corrected chi connectivity index (χ0v) is 13.2. The zero-order valence-electron chi connectivity index (χ0n) is 12.4. The summed E-state index contributed by atoms with van der Waals surface area (Å²) in [6, 6.07) is 0.387. The van der Waals surface area contributed by atoms with Crippen LogP contribution in [0.25, 0.3) is 0 Å². The number of aryl methyl sites for hydroxylation is 1. The van der Waals surface area contributed by atoms with Crippen LogP contribution in [0.1, 0.15) is 40.0 Å². The smallest absolute Gasteiger partial charge is 0.190 e. The molecule has 0 amide bonds. The number of thioether (sulfide) groups is 1. The van der Waals surface area contributed by atoms with Gasteiger partial charge in [-0.25, -0.2) is 0 Å². The van der Waals surface area contributed by atoms with E-state index in [0.29, 0.717) is 6.04 Å². The van der Waals surface area contributed by atoms with Crippen LogP contribution in [-0.2, 0) is 7.05 Å². The van der Waals surface area contributed by atoms with E-state index in [9.17, 15) is 5.11 Å². The number of aliphatic hydroxyl groups is 1. The number of hydrogen-bond donors (Lipinski definition) is 2. The third-order valence-electron chi connectivity index (χ3n) is 3.27. The van der Waals surface area contributed by atoms with E-state index in [-0.39, 0.29) is 12.1 Å². The molecule has 0 aliphatic carbocycles. The first-order chi connectivity index (χ1) is 9.03. The maximum atomic E-state index is 9.66. The minimum absolute atomic E-state index is 0.144. The molecular weight excluding hydrogens is 260 g/mol. The van der Waals surface area contributed by atoms with Crippen molar-refractivity contribution < 1.29 is 5.11 Å². The van der Waals surface area contributed by atoms with Crippen LogP contribution in [0.3, 0.4) is 0 Å². The summed E-state index contributed by atoms with van der Waals surface area (Å²) in [5.41, 5.74) is -0.144. The Morgan fingerprint density at radius 3 is 2.74 bits per heavy atom. The summed E-state index contributed by atoms with van der Waals surface area (Å²) in [4.78, 5) is 0. The number of nitrogens with one attached hydrogen (secondary N) is 1. The van der Waals surface area contributed by atoms with Gasteiger partial charge < -0.3 is 15.0 Å². The molecule has 0 spiro atoms. The monoisotopic (exact) mass is 286 g/mol. The van der Waals surface area contributed by atoms with Gasteiger partial charge in [-0.15, -0.1) is 10.2 Å².